The number of nitrogens with zero attached hydrogens (tertiary/aromatic N) is 1. The van der Waals surface area contributed by atoms with Crippen molar-refractivity contribution >= 4 is 7.60 Å². The van der Waals surface area contributed by atoms with Crippen LogP contribution in [0.3, 0.4) is 0 Å². The number of aromatic amines is 1. The van der Waals surface area contributed by atoms with Gasteiger partial charge in [0.05, 0.1) is 18.8 Å². The third-order valence-corrected chi connectivity index (χ3v) is 6.75. The SMILES string of the molecule is CCC(C)(O)P(=O)(O)OC[C@H]1C[C@@H](n2ccc(=O)[nH]c2=O)[C@H](O)[C@@H]1O. The number of H-pyrrole nitrogens is 1. The highest BCUT2D eigenvalue weighted by atomic mass is 31.2. The van der Waals surface area contributed by atoms with Crippen LogP contribution in [0.15, 0.2) is 21.9 Å². The Morgan fingerprint density at radius 3 is 2.60 bits per heavy atom. The van der Waals surface area contributed by atoms with Crippen LogP contribution in [-0.2, 0) is 9.09 Å². The van der Waals surface area contributed by atoms with Gasteiger partial charge in [-0.15, -0.1) is 0 Å². The Kier molecular flexibility index (Phi) is 5.72. The highest BCUT2D eigenvalue weighted by Gasteiger charge is 2.46. The van der Waals surface area contributed by atoms with Gasteiger partial charge in [-0.3, -0.25) is 18.9 Å². The molecule has 0 aromatic carbocycles. The lowest BCUT2D eigenvalue weighted by atomic mass is 10.1. The molecule has 25 heavy (non-hydrogen) atoms. The highest BCUT2D eigenvalue weighted by Crippen LogP contribution is 2.56. The summed E-state index contributed by atoms with van der Waals surface area (Å²) in [4.78, 5) is 34.9. The van der Waals surface area contributed by atoms with Crippen molar-refractivity contribution in [1.29, 1.82) is 0 Å². The van der Waals surface area contributed by atoms with Gasteiger partial charge in [0.25, 0.3) is 5.56 Å². The molecule has 6 atom stereocenters. The van der Waals surface area contributed by atoms with Crippen LogP contribution in [0.4, 0.5) is 0 Å². The molecule has 142 valence electrons. The summed E-state index contributed by atoms with van der Waals surface area (Å²) in [6, 6.07) is 0.294. The largest absolute Gasteiger partial charge is 0.390 e. The monoisotopic (exact) mass is 378 g/mol. The van der Waals surface area contributed by atoms with Gasteiger partial charge in [0.15, 0.2) is 5.34 Å². The fourth-order valence-corrected chi connectivity index (χ4v) is 3.84. The maximum atomic E-state index is 12.1. The van der Waals surface area contributed by atoms with Crippen LogP contribution in [0.5, 0.6) is 0 Å². The van der Waals surface area contributed by atoms with Crippen LogP contribution in [0.2, 0.25) is 0 Å². The van der Waals surface area contributed by atoms with Gasteiger partial charge >= 0.3 is 13.3 Å². The molecule has 10 nitrogen and oxygen atoms in total. The fourth-order valence-electron chi connectivity index (χ4n) is 2.76. The molecule has 1 aromatic rings. The number of hydrogen-bond acceptors (Lipinski definition) is 7. The van der Waals surface area contributed by atoms with Gasteiger partial charge in [-0.2, -0.15) is 0 Å². The molecule has 5 N–H and O–H groups in total. The van der Waals surface area contributed by atoms with Crippen molar-refractivity contribution in [3.05, 3.63) is 33.1 Å². The smallest absolute Gasteiger partial charge is 0.359 e. The molecule has 0 saturated heterocycles. The van der Waals surface area contributed by atoms with Crippen LogP contribution in [0.25, 0.3) is 0 Å². The Morgan fingerprint density at radius 2 is 2.04 bits per heavy atom. The second kappa shape index (κ2) is 7.14. The van der Waals surface area contributed by atoms with E-state index in [2.05, 4.69) is 4.98 Å². The lowest BCUT2D eigenvalue weighted by Crippen LogP contribution is -2.37. The number of aromatic nitrogens is 2. The topological polar surface area (TPSA) is 162 Å². The molecule has 2 rings (SSSR count). The summed E-state index contributed by atoms with van der Waals surface area (Å²) in [5.41, 5.74) is -1.32. The second-order valence-electron chi connectivity index (χ2n) is 6.45. The molecular weight excluding hydrogens is 355 g/mol. The van der Waals surface area contributed by atoms with E-state index >= 15 is 0 Å². The lowest BCUT2D eigenvalue weighted by Gasteiger charge is -2.28. The molecule has 0 spiro atoms. The van der Waals surface area contributed by atoms with Crippen LogP contribution in [0.1, 0.15) is 32.7 Å². The first kappa shape index (κ1) is 20.0. The Morgan fingerprint density at radius 1 is 1.40 bits per heavy atom. The van der Waals surface area contributed by atoms with Crippen molar-refractivity contribution in [2.75, 3.05) is 6.61 Å². The van der Waals surface area contributed by atoms with Gasteiger partial charge in [-0.25, -0.2) is 4.79 Å². The third-order valence-electron chi connectivity index (χ3n) is 4.72. The van der Waals surface area contributed by atoms with Crippen LogP contribution in [-0.4, -0.2) is 53.9 Å². The molecule has 11 heteroatoms. The Bertz CT molecular complexity index is 773. The molecular formula is C14H23N2O8P. The average Bonchev–Trinajstić information content (AvgIpc) is 2.81. The molecule has 1 saturated carbocycles. The van der Waals surface area contributed by atoms with Crippen molar-refractivity contribution in [2.45, 2.75) is 50.3 Å². The summed E-state index contributed by atoms with van der Waals surface area (Å²) in [5.74, 6) is -0.730. The van der Waals surface area contributed by atoms with E-state index in [9.17, 15) is 34.4 Å². The lowest BCUT2D eigenvalue weighted by molar-refractivity contribution is -0.00557. The van der Waals surface area contributed by atoms with E-state index in [0.717, 1.165) is 10.6 Å². The summed E-state index contributed by atoms with van der Waals surface area (Å²) in [6.07, 6.45) is -1.32. The zero-order valence-corrected chi connectivity index (χ0v) is 14.8. The molecule has 2 unspecified atom stereocenters. The number of hydrogen-bond donors (Lipinski definition) is 5. The molecule has 1 heterocycles. The van der Waals surface area contributed by atoms with Crippen molar-refractivity contribution in [2.24, 2.45) is 5.92 Å². The molecule has 0 amide bonds. The number of nitrogens with one attached hydrogen (secondary N) is 1. The first-order chi connectivity index (χ1) is 11.5. The van der Waals surface area contributed by atoms with E-state index in [1.54, 1.807) is 0 Å². The number of aliphatic hydroxyl groups is 3. The van der Waals surface area contributed by atoms with E-state index < -0.39 is 48.4 Å². The summed E-state index contributed by atoms with van der Waals surface area (Å²) >= 11 is 0. The predicted octanol–water partition coefficient (Wildman–Crippen LogP) is -0.860. The Balaban J connectivity index is 2.14. The van der Waals surface area contributed by atoms with Crippen LogP contribution < -0.4 is 11.2 Å². The standard InChI is InChI=1S/C14H23N2O8P/c1-3-14(2,21)25(22,23)24-7-8-6-9(12(19)11(8)18)16-5-4-10(17)15-13(16)20/h4-5,8-9,11-12,18-19,21H,3,6-7H2,1-2H3,(H,22,23)(H,15,17,20)/t8-,9-,11-,12+,14?/m1/s1. The molecule has 1 aromatic heterocycles. The predicted molar refractivity (Wildman–Crippen MR) is 87.2 cm³/mol. The van der Waals surface area contributed by atoms with Crippen molar-refractivity contribution < 1.29 is 29.3 Å². The van der Waals surface area contributed by atoms with E-state index in [-0.39, 0.29) is 19.4 Å². The molecule has 1 aliphatic rings. The summed E-state index contributed by atoms with van der Waals surface area (Å²) in [6.45, 7) is 2.33. The first-order valence-corrected chi connectivity index (χ1v) is 9.45. The van der Waals surface area contributed by atoms with Crippen LogP contribution in [0, 0.1) is 5.92 Å². The quantitative estimate of drug-likeness (QED) is 0.399. The van der Waals surface area contributed by atoms with Gasteiger partial charge in [0, 0.05) is 18.2 Å². The van der Waals surface area contributed by atoms with Crippen molar-refractivity contribution in [3.8, 4) is 0 Å². The minimum absolute atomic E-state index is 0.00792. The van der Waals surface area contributed by atoms with Crippen LogP contribution >= 0.6 is 7.60 Å². The minimum Gasteiger partial charge on any atom is -0.390 e. The first-order valence-electron chi connectivity index (χ1n) is 7.87. The molecule has 0 aliphatic heterocycles. The summed E-state index contributed by atoms with van der Waals surface area (Å²) in [5, 5.41) is 28.3. The number of aliphatic hydroxyl groups excluding tert-OH is 2. The number of rotatable bonds is 6. The summed E-state index contributed by atoms with van der Waals surface area (Å²) < 4.78 is 18.2. The molecule has 0 bridgehead atoms. The van der Waals surface area contributed by atoms with Gasteiger partial charge in [-0.1, -0.05) is 6.92 Å². The maximum Gasteiger partial charge on any atom is 0.359 e. The highest BCUT2D eigenvalue weighted by molar-refractivity contribution is 7.54. The zero-order valence-electron chi connectivity index (χ0n) is 13.9. The van der Waals surface area contributed by atoms with E-state index in [4.69, 9.17) is 4.52 Å². The molecule has 1 aliphatic carbocycles. The molecule has 1 fully saturated rings. The third kappa shape index (κ3) is 3.94. The maximum absolute atomic E-state index is 12.1. The second-order valence-corrected chi connectivity index (χ2v) is 8.71. The zero-order chi connectivity index (χ0) is 19.0. The Hall–Kier alpha value is -1.29. The Labute approximate surface area is 143 Å². The van der Waals surface area contributed by atoms with Gasteiger partial charge in [0.2, 0.25) is 0 Å². The van der Waals surface area contributed by atoms with Gasteiger partial charge in [0.1, 0.15) is 6.10 Å². The van der Waals surface area contributed by atoms with E-state index in [0.29, 0.717) is 0 Å². The van der Waals surface area contributed by atoms with Crippen molar-refractivity contribution in [3.63, 3.8) is 0 Å². The normalized spacial score (nSPS) is 31.4. The van der Waals surface area contributed by atoms with E-state index in [1.807, 2.05) is 0 Å². The average molecular weight is 378 g/mol. The summed E-state index contributed by atoms with van der Waals surface area (Å²) in [7, 11) is -4.36. The van der Waals surface area contributed by atoms with E-state index in [1.165, 1.54) is 20.0 Å². The van der Waals surface area contributed by atoms with Crippen molar-refractivity contribution in [1.82, 2.24) is 9.55 Å². The minimum atomic E-state index is -4.36. The van der Waals surface area contributed by atoms with Gasteiger partial charge in [-0.05, 0) is 19.8 Å². The molecule has 0 radical (unpaired) electrons. The van der Waals surface area contributed by atoms with Gasteiger partial charge < -0.3 is 24.7 Å². The fraction of sp³-hybridized carbons (Fsp3) is 0.714.